The van der Waals surface area contributed by atoms with Gasteiger partial charge >= 0.3 is 0 Å². The summed E-state index contributed by atoms with van der Waals surface area (Å²) in [4.78, 5) is 13.4. The number of aliphatic hydroxyl groups is 1. The zero-order chi connectivity index (χ0) is 20.1. The topological polar surface area (TPSA) is 83.0 Å². The van der Waals surface area contributed by atoms with Gasteiger partial charge < -0.3 is 15.7 Å². The molecule has 0 amide bonds. The molecule has 2 heterocycles. The van der Waals surface area contributed by atoms with Gasteiger partial charge in [-0.1, -0.05) is 26.0 Å². The number of pyridine rings is 1. The van der Waals surface area contributed by atoms with Crippen molar-refractivity contribution in [2.75, 3.05) is 17.2 Å². The minimum atomic E-state index is -0.124. The van der Waals surface area contributed by atoms with Gasteiger partial charge in [0, 0.05) is 29.7 Å². The molecule has 0 bridgehead atoms. The molecule has 0 saturated heterocycles. The first-order chi connectivity index (χ1) is 13.5. The molecule has 3 aromatic rings. The molecule has 0 aliphatic heterocycles. The maximum atomic E-state index is 9.67. The Balaban J connectivity index is 2.00. The molecule has 28 heavy (non-hydrogen) atoms. The summed E-state index contributed by atoms with van der Waals surface area (Å²) < 4.78 is 0. The van der Waals surface area contributed by atoms with E-state index < -0.39 is 0 Å². The highest BCUT2D eigenvalue weighted by atomic mass is 16.3. The van der Waals surface area contributed by atoms with Gasteiger partial charge in [0.1, 0.15) is 5.82 Å². The molecule has 0 aliphatic rings. The number of aliphatic hydroxyl groups excluding tert-OH is 1. The molecular formula is C22H27N5O. The average molecular weight is 377 g/mol. The lowest BCUT2D eigenvalue weighted by Crippen LogP contribution is -2.30. The minimum absolute atomic E-state index is 0.0141. The van der Waals surface area contributed by atoms with Crippen molar-refractivity contribution in [2.24, 2.45) is 5.92 Å². The predicted octanol–water partition coefficient (Wildman–Crippen LogP) is 4.33. The Morgan fingerprint density at radius 1 is 1.00 bits per heavy atom. The van der Waals surface area contributed by atoms with E-state index in [1.54, 1.807) is 12.4 Å². The highest BCUT2D eigenvalue weighted by Gasteiger charge is 2.15. The fourth-order valence-electron chi connectivity index (χ4n) is 2.84. The largest absolute Gasteiger partial charge is 0.394 e. The van der Waals surface area contributed by atoms with E-state index in [1.165, 1.54) is 5.56 Å². The molecule has 6 heteroatoms. The van der Waals surface area contributed by atoms with Crippen LogP contribution < -0.4 is 10.6 Å². The van der Waals surface area contributed by atoms with E-state index in [0.29, 0.717) is 11.8 Å². The summed E-state index contributed by atoms with van der Waals surface area (Å²) >= 11 is 0. The zero-order valence-electron chi connectivity index (χ0n) is 16.8. The monoisotopic (exact) mass is 377 g/mol. The van der Waals surface area contributed by atoms with Gasteiger partial charge in [0.05, 0.1) is 18.3 Å². The van der Waals surface area contributed by atoms with Crippen LogP contribution in [0.1, 0.15) is 25.0 Å². The van der Waals surface area contributed by atoms with Crippen LogP contribution >= 0.6 is 0 Å². The van der Waals surface area contributed by atoms with Crippen LogP contribution in [0.5, 0.6) is 0 Å². The van der Waals surface area contributed by atoms with Gasteiger partial charge in [0.2, 0.25) is 5.95 Å². The summed E-state index contributed by atoms with van der Waals surface area (Å²) in [6, 6.07) is 11.9. The highest BCUT2D eigenvalue weighted by Crippen LogP contribution is 2.26. The van der Waals surface area contributed by atoms with Gasteiger partial charge in [-0.15, -0.1) is 0 Å². The number of aryl methyl sites for hydroxylation is 2. The van der Waals surface area contributed by atoms with Gasteiger partial charge in [-0.3, -0.25) is 4.98 Å². The number of hydrogen-bond acceptors (Lipinski definition) is 6. The van der Waals surface area contributed by atoms with Crippen LogP contribution in [0.2, 0.25) is 0 Å². The molecule has 146 valence electrons. The van der Waals surface area contributed by atoms with Crippen LogP contribution in [0, 0.1) is 19.8 Å². The molecule has 3 N–H and O–H groups in total. The van der Waals surface area contributed by atoms with Crippen molar-refractivity contribution in [2.45, 2.75) is 33.7 Å². The van der Waals surface area contributed by atoms with Crippen LogP contribution in [-0.2, 0) is 0 Å². The van der Waals surface area contributed by atoms with Crippen molar-refractivity contribution in [1.29, 1.82) is 0 Å². The Bertz CT molecular complexity index is 927. The number of benzene rings is 1. The number of rotatable bonds is 7. The van der Waals surface area contributed by atoms with E-state index in [4.69, 9.17) is 0 Å². The van der Waals surface area contributed by atoms with E-state index in [0.717, 1.165) is 22.5 Å². The molecule has 0 fully saturated rings. The summed E-state index contributed by atoms with van der Waals surface area (Å²) in [6.07, 6.45) is 3.49. The van der Waals surface area contributed by atoms with Crippen LogP contribution in [0.4, 0.5) is 17.5 Å². The second-order valence-corrected chi connectivity index (χ2v) is 7.32. The molecule has 0 aliphatic carbocycles. The Labute approximate surface area is 166 Å². The first-order valence-electron chi connectivity index (χ1n) is 9.47. The van der Waals surface area contributed by atoms with Crippen LogP contribution in [0.15, 0.2) is 48.8 Å². The number of aromatic nitrogens is 3. The van der Waals surface area contributed by atoms with Crippen LogP contribution in [0.25, 0.3) is 11.3 Å². The minimum Gasteiger partial charge on any atom is -0.394 e. The average Bonchev–Trinajstić information content (AvgIpc) is 2.69. The predicted molar refractivity (Wildman–Crippen MR) is 114 cm³/mol. The second-order valence-electron chi connectivity index (χ2n) is 7.32. The van der Waals surface area contributed by atoms with Crippen molar-refractivity contribution in [3.8, 4) is 11.3 Å². The molecular weight excluding hydrogens is 350 g/mol. The molecule has 1 aromatic carbocycles. The van der Waals surface area contributed by atoms with Gasteiger partial charge in [0.15, 0.2) is 0 Å². The second kappa shape index (κ2) is 8.80. The van der Waals surface area contributed by atoms with Gasteiger partial charge in [-0.05, 0) is 49.1 Å². The first kappa shape index (κ1) is 19.8. The molecule has 6 nitrogen and oxygen atoms in total. The molecule has 0 spiro atoms. The summed E-state index contributed by atoms with van der Waals surface area (Å²) in [5.41, 5.74) is 5.06. The molecule has 0 saturated carbocycles. The Kier molecular flexibility index (Phi) is 6.21. The molecule has 0 radical (unpaired) electrons. The Hall–Kier alpha value is -2.99. The van der Waals surface area contributed by atoms with Crippen molar-refractivity contribution >= 4 is 17.5 Å². The fourth-order valence-corrected chi connectivity index (χ4v) is 2.84. The van der Waals surface area contributed by atoms with Crippen molar-refractivity contribution < 1.29 is 5.11 Å². The normalized spacial score (nSPS) is 12.1. The molecule has 1 atom stereocenters. The maximum Gasteiger partial charge on any atom is 0.225 e. The summed E-state index contributed by atoms with van der Waals surface area (Å²) in [5.74, 6) is 1.42. The Morgan fingerprint density at radius 2 is 1.75 bits per heavy atom. The third-order valence-corrected chi connectivity index (χ3v) is 4.67. The zero-order valence-corrected chi connectivity index (χ0v) is 16.8. The number of nitrogens with zero attached hydrogens (tertiary/aromatic N) is 3. The molecule has 2 aromatic heterocycles. The van der Waals surface area contributed by atoms with Crippen molar-refractivity contribution in [3.05, 3.63) is 59.9 Å². The number of hydrogen-bond donors (Lipinski definition) is 3. The highest BCUT2D eigenvalue weighted by molar-refractivity contribution is 5.68. The lowest BCUT2D eigenvalue weighted by molar-refractivity contribution is 0.248. The number of nitrogens with one attached hydrogen (secondary N) is 2. The van der Waals surface area contributed by atoms with E-state index in [1.807, 2.05) is 18.2 Å². The number of anilines is 3. The molecule has 0 unspecified atom stereocenters. The lowest BCUT2D eigenvalue weighted by Gasteiger charge is -2.21. The third-order valence-electron chi connectivity index (χ3n) is 4.67. The van der Waals surface area contributed by atoms with Crippen molar-refractivity contribution in [3.63, 3.8) is 0 Å². The standard InChI is InChI=1S/C22H27N5O/c1-14(2)20(13-28)26-22-25-19(17-7-9-23-10-8-17)12-21(27-22)24-18-11-15(3)5-6-16(18)4/h5-12,14,20,28H,13H2,1-4H3,(H2,24,25,26,27)/t20-/m1/s1. The quantitative estimate of drug-likeness (QED) is 0.568. The van der Waals surface area contributed by atoms with Crippen LogP contribution in [0.3, 0.4) is 0 Å². The van der Waals surface area contributed by atoms with E-state index >= 15 is 0 Å². The summed E-state index contributed by atoms with van der Waals surface area (Å²) in [6.45, 7) is 8.24. The summed E-state index contributed by atoms with van der Waals surface area (Å²) in [5, 5.41) is 16.4. The van der Waals surface area contributed by atoms with Gasteiger partial charge in [0.25, 0.3) is 0 Å². The smallest absolute Gasteiger partial charge is 0.225 e. The fraction of sp³-hybridized carbons (Fsp3) is 0.318. The summed E-state index contributed by atoms with van der Waals surface area (Å²) in [7, 11) is 0. The molecule has 3 rings (SSSR count). The maximum absolute atomic E-state index is 9.67. The SMILES string of the molecule is Cc1ccc(C)c(Nc2cc(-c3ccncc3)nc(N[C@H](CO)C(C)C)n2)c1. The lowest BCUT2D eigenvalue weighted by atomic mass is 10.1. The van der Waals surface area contributed by atoms with E-state index in [-0.39, 0.29) is 18.6 Å². The van der Waals surface area contributed by atoms with Gasteiger partial charge in [-0.25, -0.2) is 4.98 Å². The van der Waals surface area contributed by atoms with Gasteiger partial charge in [-0.2, -0.15) is 4.98 Å². The Morgan fingerprint density at radius 3 is 2.43 bits per heavy atom. The van der Waals surface area contributed by atoms with E-state index in [9.17, 15) is 5.11 Å². The van der Waals surface area contributed by atoms with Crippen LogP contribution in [-0.4, -0.2) is 32.7 Å². The third kappa shape index (κ3) is 4.84. The first-order valence-corrected chi connectivity index (χ1v) is 9.47. The van der Waals surface area contributed by atoms with Crippen molar-refractivity contribution in [1.82, 2.24) is 15.0 Å². The van der Waals surface area contributed by atoms with E-state index in [2.05, 4.69) is 71.5 Å².